The predicted octanol–water partition coefficient (Wildman–Crippen LogP) is 1.90. The summed E-state index contributed by atoms with van der Waals surface area (Å²) >= 11 is 7.93. The zero-order valence-electron chi connectivity index (χ0n) is 10.8. The summed E-state index contributed by atoms with van der Waals surface area (Å²) in [5.74, 6) is 0.149. The third-order valence-corrected chi connectivity index (χ3v) is 4.68. The van der Waals surface area contributed by atoms with Crippen LogP contribution in [0.2, 0.25) is 0 Å². The number of hydrogen-bond donors (Lipinski definition) is 3. The summed E-state index contributed by atoms with van der Waals surface area (Å²) in [6.45, 7) is 2.64. The van der Waals surface area contributed by atoms with E-state index >= 15 is 0 Å². The van der Waals surface area contributed by atoms with Crippen LogP contribution in [-0.2, 0) is 4.79 Å². The van der Waals surface area contributed by atoms with Crippen LogP contribution < -0.4 is 16.2 Å². The lowest BCUT2D eigenvalue weighted by Gasteiger charge is -2.09. The minimum absolute atomic E-state index is 0.144. The van der Waals surface area contributed by atoms with E-state index in [0.29, 0.717) is 17.4 Å². The number of nitrogens with zero attached hydrogens (tertiary/aromatic N) is 1. The second-order valence-electron chi connectivity index (χ2n) is 3.77. The van der Waals surface area contributed by atoms with Crippen molar-refractivity contribution in [3.63, 3.8) is 0 Å². The number of carbonyl (C=O) groups is 1. The average Bonchev–Trinajstić information content (AvgIpc) is 2.86. The van der Waals surface area contributed by atoms with Crippen LogP contribution in [0.15, 0.2) is 28.6 Å². The Bertz CT molecular complexity index is 581. The fourth-order valence-corrected chi connectivity index (χ4v) is 3.47. The second kappa shape index (κ2) is 7.41. The van der Waals surface area contributed by atoms with Gasteiger partial charge in [0.25, 0.3) is 0 Å². The number of aromatic nitrogens is 1. The average molecular weight is 326 g/mol. The fourth-order valence-electron chi connectivity index (χ4n) is 1.41. The Morgan fingerprint density at radius 1 is 1.40 bits per heavy atom. The molecule has 3 N–H and O–H groups in total. The Morgan fingerprint density at radius 2 is 2.20 bits per heavy atom. The number of para-hydroxylation sites is 1. The number of thioether (sulfide) groups is 1. The number of fused-ring (bicyclic) bond motifs is 1. The van der Waals surface area contributed by atoms with Crippen LogP contribution in [0.25, 0.3) is 10.2 Å². The van der Waals surface area contributed by atoms with Crippen LogP contribution in [0.3, 0.4) is 0 Å². The third-order valence-electron chi connectivity index (χ3n) is 2.25. The van der Waals surface area contributed by atoms with Gasteiger partial charge in [-0.25, -0.2) is 4.98 Å². The Balaban J connectivity index is 1.79. The second-order valence-corrected chi connectivity index (χ2v) is 6.43. The van der Waals surface area contributed by atoms with Crippen molar-refractivity contribution in [3.05, 3.63) is 24.3 Å². The first-order valence-electron chi connectivity index (χ1n) is 6.00. The van der Waals surface area contributed by atoms with Crippen LogP contribution in [0.1, 0.15) is 6.92 Å². The number of nitrogens with one attached hydrogen (secondary N) is 3. The molecule has 1 aromatic heterocycles. The molecule has 1 amide bonds. The van der Waals surface area contributed by atoms with Crippen molar-refractivity contribution in [1.29, 1.82) is 0 Å². The molecule has 0 aliphatic heterocycles. The van der Waals surface area contributed by atoms with Gasteiger partial charge < -0.3 is 5.32 Å². The molecule has 0 bridgehead atoms. The molecule has 1 aromatic carbocycles. The summed E-state index contributed by atoms with van der Waals surface area (Å²) in [5.41, 5.74) is 6.14. The molecule has 0 saturated heterocycles. The number of hydrazine groups is 1. The van der Waals surface area contributed by atoms with Crippen molar-refractivity contribution in [1.82, 2.24) is 21.2 Å². The lowest BCUT2D eigenvalue weighted by molar-refractivity contribution is -0.119. The lowest BCUT2D eigenvalue weighted by atomic mass is 10.3. The van der Waals surface area contributed by atoms with Gasteiger partial charge in [-0.3, -0.25) is 15.6 Å². The van der Waals surface area contributed by atoms with E-state index < -0.39 is 0 Å². The summed E-state index contributed by atoms with van der Waals surface area (Å²) in [6, 6.07) is 7.92. The van der Waals surface area contributed by atoms with Gasteiger partial charge in [-0.05, 0) is 31.3 Å². The highest BCUT2D eigenvalue weighted by molar-refractivity contribution is 8.01. The third kappa shape index (κ3) is 4.32. The molecule has 5 nitrogen and oxygen atoms in total. The topological polar surface area (TPSA) is 66.0 Å². The van der Waals surface area contributed by atoms with E-state index in [0.717, 1.165) is 14.6 Å². The van der Waals surface area contributed by atoms with E-state index in [2.05, 4.69) is 21.2 Å². The molecule has 1 heterocycles. The smallest absolute Gasteiger partial charge is 0.248 e. The van der Waals surface area contributed by atoms with E-state index in [1.165, 1.54) is 11.8 Å². The molecule has 0 atom stereocenters. The quantitative estimate of drug-likeness (QED) is 0.453. The van der Waals surface area contributed by atoms with Gasteiger partial charge in [-0.1, -0.05) is 23.9 Å². The summed E-state index contributed by atoms with van der Waals surface area (Å²) in [5, 5.41) is 3.29. The highest BCUT2D eigenvalue weighted by atomic mass is 32.2. The predicted molar refractivity (Wildman–Crippen MR) is 87.9 cm³/mol. The Hall–Kier alpha value is -1.38. The van der Waals surface area contributed by atoms with Gasteiger partial charge in [-0.15, -0.1) is 11.3 Å². The van der Waals surface area contributed by atoms with E-state index in [9.17, 15) is 4.79 Å². The van der Waals surface area contributed by atoms with E-state index in [-0.39, 0.29) is 5.91 Å². The zero-order chi connectivity index (χ0) is 14.4. The largest absolute Gasteiger partial charge is 0.362 e. The summed E-state index contributed by atoms with van der Waals surface area (Å²) in [6.07, 6.45) is 0. The fraction of sp³-hybridized carbons (Fsp3) is 0.250. The first-order valence-corrected chi connectivity index (χ1v) is 8.21. The van der Waals surface area contributed by atoms with Gasteiger partial charge in [0.2, 0.25) is 5.91 Å². The van der Waals surface area contributed by atoms with Crippen LogP contribution in [0.5, 0.6) is 0 Å². The van der Waals surface area contributed by atoms with Crippen molar-refractivity contribution >= 4 is 56.6 Å². The number of amides is 1. The van der Waals surface area contributed by atoms with Gasteiger partial charge in [0, 0.05) is 6.54 Å². The molecular weight excluding hydrogens is 312 g/mol. The van der Waals surface area contributed by atoms with E-state index in [1.54, 1.807) is 11.3 Å². The Morgan fingerprint density at radius 3 is 2.95 bits per heavy atom. The van der Waals surface area contributed by atoms with Crippen LogP contribution in [0.4, 0.5) is 0 Å². The molecule has 2 aromatic rings. The zero-order valence-corrected chi connectivity index (χ0v) is 13.3. The highest BCUT2D eigenvalue weighted by Gasteiger charge is 2.07. The number of thiazole rings is 1. The van der Waals surface area contributed by atoms with Crippen LogP contribution >= 0.6 is 35.3 Å². The van der Waals surface area contributed by atoms with Crippen molar-refractivity contribution in [2.24, 2.45) is 0 Å². The minimum Gasteiger partial charge on any atom is -0.362 e. The number of rotatable bonds is 4. The van der Waals surface area contributed by atoms with E-state index in [1.807, 2.05) is 31.2 Å². The van der Waals surface area contributed by atoms with Gasteiger partial charge in [0.15, 0.2) is 9.45 Å². The molecule has 0 radical (unpaired) electrons. The lowest BCUT2D eigenvalue weighted by Crippen LogP contribution is -2.47. The molecule has 0 unspecified atom stereocenters. The molecule has 106 valence electrons. The normalized spacial score (nSPS) is 10.2. The first kappa shape index (κ1) is 15.0. The first-order chi connectivity index (χ1) is 9.69. The van der Waals surface area contributed by atoms with Gasteiger partial charge >= 0.3 is 0 Å². The van der Waals surface area contributed by atoms with Crippen molar-refractivity contribution < 1.29 is 4.79 Å². The van der Waals surface area contributed by atoms with Gasteiger partial charge in [-0.2, -0.15) is 0 Å². The maximum atomic E-state index is 11.6. The molecular formula is C12H14N4OS3. The molecule has 0 spiro atoms. The van der Waals surface area contributed by atoms with Crippen LogP contribution in [0, 0.1) is 0 Å². The van der Waals surface area contributed by atoms with Crippen molar-refractivity contribution in [2.45, 2.75) is 11.3 Å². The monoisotopic (exact) mass is 326 g/mol. The molecule has 0 saturated carbocycles. The number of hydrogen-bond acceptors (Lipinski definition) is 5. The summed E-state index contributed by atoms with van der Waals surface area (Å²) in [4.78, 5) is 16.1. The maximum absolute atomic E-state index is 11.6. The van der Waals surface area contributed by atoms with Crippen LogP contribution in [-0.4, -0.2) is 28.3 Å². The maximum Gasteiger partial charge on any atom is 0.248 e. The van der Waals surface area contributed by atoms with Gasteiger partial charge in [0.05, 0.1) is 16.0 Å². The van der Waals surface area contributed by atoms with Gasteiger partial charge in [0.1, 0.15) is 0 Å². The SMILES string of the molecule is CCNC(=S)NNC(=O)CSc1nc2ccccc2s1. The Labute approximate surface area is 130 Å². The summed E-state index contributed by atoms with van der Waals surface area (Å²) < 4.78 is 2.01. The molecule has 0 fully saturated rings. The molecule has 0 aliphatic rings. The summed E-state index contributed by atoms with van der Waals surface area (Å²) in [7, 11) is 0. The van der Waals surface area contributed by atoms with E-state index in [4.69, 9.17) is 12.2 Å². The number of thiocarbonyl (C=S) groups is 1. The Kier molecular flexibility index (Phi) is 5.57. The molecule has 2 rings (SSSR count). The molecule has 20 heavy (non-hydrogen) atoms. The minimum atomic E-state index is -0.144. The van der Waals surface area contributed by atoms with Crippen molar-refractivity contribution in [3.8, 4) is 0 Å². The molecule has 8 heteroatoms. The standard InChI is InChI=1S/C12H14N4OS3/c1-2-13-11(18)16-15-10(17)7-19-12-14-8-5-3-4-6-9(8)20-12/h3-6H,2,7H2,1H3,(H,15,17)(H2,13,16,18). The highest BCUT2D eigenvalue weighted by Crippen LogP contribution is 2.28. The number of carbonyl (C=O) groups excluding carboxylic acids is 1. The van der Waals surface area contributed by atoms with Crippen molar-refractivity contribution in [2.75, 3.05) is 12.3 Å². The number of benzene rings is 1. The molecule has 0 aliphatic carbocycles.